The van der Waals surface area contributed by atoms with Crippen molar-refractivity contribution in [1.29, 1.82) is 0 Å². The van der Waals surface area contributed by atoms with E-state index >= 15 is 0 Å². The molecule has 0 unspecified atom stereocenters. The van der Waals surface area contributed by atoms with Crippen LogP contribution in [0.4, 0.5) is 17.6 Å². The molecule has 8 heteroatoms. The smallest absolute Gasteiger partial charge is 0.394 e. The highest BCUT2D eigenvalue weighted by atomic mass is 19.4. The Kier molecular flexibility index (Phi) is 4.25. The van der Waals surface area contributed by atoms with Crippen LogP contribution in [0.2, 0.25) is 0 Å². The van der Waals surface area contributed by atoms with Crippen LogP contribution in [0, 0.1) is 23.1 Å². The van der Waals surface area contributed by atoms with Gasteiger partial charge in [-0.2, -0.15) is 13.2 Å². The molecule has 0 aromatic heterocycles. The average molecular weight is 359 g/mol. The summed E-state index contributed by atoms with van der Waals surface area (Å²) in [6, 6.07) is 5.97. The number of carbonyl (C=O) groups excluding carboxylic acids is 1. The zero-order chi connectivity index (χ0) is 18.4. The van der Waals surface area contributed by atoms with Gasteiger partial charge in [-0.3, -0.25) is 9.59 Å². The third-order valence-electron chi connectivity index (χ3n) is 5.14. The maximum Gasteiger partial charge on any atom is 0.394 e. The van der Waals surface area contributed by atoms with E-state index in [2.05, 4.69) is 0 Å². The molecule has 1 N–H and O–H groups in total. The molecule has 2 aliphatic rings. The number of carboxylic acid groups (broad SMARTS) is 1. The summed E-state index contributed by atoms with van der Waals surface area (Å²) < 4.78 is 53.0. The minimum Gasteiger partial charge on any atom is -0.481 e. The van der Waals surface area contributed by atoms with Crippen LogP contribution >= 0.6 is 0 Å². The highest BCUT2D eigenvalue weighted by Gasteiger charge is 2.58. The van der Waals surface area contributed by atoms with Crippen molar-refractivity contribution in [3.8, 4) is 0 Å². The van der Waals surface area contributed by atoms with Crippen molar-refractivity contribution >= 4 is 11.9 Å². The summed E-state index contributed by atoms with van der Waals surface area (Å²) in [4.78, 5) is 24.9. The van der Waals surface area contributed by atoms with Gasteiger partial charge in [-0.1, -0.05) is 18.2 Å². The first-order chi connectivity index (χ1) is 11.6. The number of hydrogen-bond donors (Lipinski definition) is 1. The Morgan fingerprint density at radius 1 is 1.20 bits per heavy atom. The minimum absolute atomic E-state index is 0.115. The molecule has 0 bridgehead atoms. The van der Waals surface area contributed by atoms with E-state index < -0.39 is 54.2 Å². The average Bonchev–Trinajstić information content (AvgIpc) is 3.15. The summed E-state index contributed by atoms with van der Waals surface area (Å²) >= 11 is 0. The monoisotopic (exact) mass is 359 g/mol. The van der Waals surface area contributed by atoms with Gasteiger partial charge < -0.3 is 10.0 Å². The first kappa shape index (κ1) is 17.7. The molecule has 1 saturated carbocycles. The van der Waals surface area contributed by atoms with E-state index in [1.165, 1.54) is 12.1 Å². The number of amides is 1. The molecule has 1 aromatic rings. The molecule has 2 fully saturated rings. The quantitative estimate of drug-likeness (QED) is 0.841. The van der Waals surface area contributed by atoms with E-state index in [1.807, 2.05) is 0 Å². The number of hydrogen-bond acceptors (Lipinski definition) is 2. The molecule has 25 heavy (non-hydrogen) atoms. The van der Waals surface area contributed by atoms with Crippen LogP contribution in [0.25, 0.3) is 0 Å². The van der Waals surface area contributed by atoms with Crippen LogP contribution in [-0.2, 0) is 16.0 Å². The van der Waals surface area contributed by atoms with Gasteiger partial charge >= 0.3 is 12.1 Å². The van der Waals surface area contributed by atoms with Crippen LogP contribution in [0.15, 0.2) is 24.3 Å². The van der Waals surface area contributed by atoms with E-state index in [-0.39, 0.29) is 6.42 Å². The van der Waals surface area contributed by atoms with Crippen LogP contribution in [0.5, 0.6) is 0 Å². The molecular formula is C17H17F4NO3. The second-order valence-corrected chi connectivity index (χ2v) is 6.85. The van der Waals surface area contributed by atoms with Gasteiger partial charge in [-0.05, 0) is 30.9 Å². The van der Waals surface area contributed by atoms with E-state index in [0.29, 0.717) is 18.4 Å². The predicted octanol–water partition coefficient (Wildman–Crippen LogP) is 2.87. The number of halogens is 4. The van der Waals surface area contributed by atoms with Gasteiger partial charge in [0, 0.05) is 13.1 Å². The lowest BCUT2D eigenvalue weighted by molar-refractivity contribution is -0.188. The molecule has 0 radical (unpaired) electrons. The lowest BCUT2D eigenvalue weighted by atomic mass is 9.94. The molecule has 3 rings (SSSR count). The minimum atomic E-state index is -4.68. The standard InChI is InChI=1S/C17H17F4NO3/c18-13-4-2-1-3-10(13)7-16(5-6-16)15(25)22-8-11(14(23)24)12(9-22)17(19,20)21/h1-4,11-12H,5-9H2,(H,23,24)/t11-,12-/m1/s1. The van der Waals surface area contributed by atoms with Gasteiger partial charge in [0.05, 0.1) is 17.3 Å². The first-order valence-electron chi connectivity index (χ1n) is 7.96. The van der Waals surface area contributed by atoms with E-state index in [0.717, 1.165) is 4.90 Å². The van der Waals surface area contributed by atoms with Gasteiger partial charge in [0.1, 0.15) is 5.82 Å². The van der Waals surface area contributed by atoms with E-state index in [9.17, 15) is 27.2 Å². The Balaban J connectivity index is 1.77. The van der Waals surface area contributed by atoms with Crippen LogP contribution in [0.1, 0.15) is 18.4 Å². The van der Waals surface area contributed by atoms with Crippen molar-refractivity contribution in [3.05, 3.63) is 35.6 Å². The molecule has 136 valence electrons. The fourth-order valence-corrected chi connectivity index (χ4v) is 3.51. The largest absolute Gasteiger partial charge is 0.481 e. The Morgan fingerprint density at radius 3 is 2.32 bits per heavy atom. The topological polar surface area (TPSA) is 57.6 Å². The van der Waals surface area contributed by atoms with Gasteiger partial charge in [0.2, 0.25) is 5.91 Å². The molecule has 1 saturated heterocycles. The van der Waals surface area contributed by atoms with Crippen LogP contribution < -0.4 is 0 Å². The fourth-order valence-electron chi connectivity index (χ4n) is 3.51. The second kappa shape index (κ2) is 6.00. The number of alkyl halides is 3. The summed E-state index contributed by atoms with van der Waals surface area (Å²) in [5.41, 5.74) is -0.569. The van der Waals surface area contributed by atoms with Gasteiger partial charge in [0.15, 0.2) is 0 Å². The Bertz CT molecular complexity index is 699. The number of aliphatic carboxylic acids is 1. The number of carboxylic acids is 1. The second-order valence-electron chi connectivity index (χ2n) is 6.85. The summed E-state index contributed by atoms with van der Waals surface area (Å²) in [6.07, 6.45) is -3.64. The fraction of sp³-hybridized carbons (Fsp3) is 0.529. The molecule has 2 atom stereocenters. The molecular weight excluding hydrogens is 342 g/mol. The van der Waals surface area contributed by atoms with Gasteiger partial charge in [-0.15, -0.1) is 0 Å². The van der Waals surface area contributed by atoms with Gasteiger partial charge in [0.25, 0.3) is 0 Å². The zero-order valence-corrected chi connectivity index (χ0v) is 13.2. The zero-order valence-electron chi connectivity index (χ0n) is 13.2. The van der Waals surface area contributed by atoms with Crippen LogP contribution in [0.3, 0.4) is 0 Å². The van der Waals surface area contributed by atoms with Crippen molar-refractivity contribution in [3.63, 3.8) is 0 Å². The lowest BCUT2D eigenvalue weighted by Crippen LogP contribution is -2.38. The Morgan fingerprint density at radius 2 is 1.84 bits per heavy atom. The molecule has 0 spiro atoms. The summed E-state index contributed by atoms with van der Waals surface area (Å²) in [6.45, 7) is -1.12. The molecule has 1 amide bonds. The highest BCUT2D eigenvalue weighted by molar-refractivity contribution is 5.87. The Labute approximate surface area is 141 Å². The number of likely N-dealkylation sites (tertiary alicyclic amines) is 1. The predicted molar refractivity (Wildman–Crippen MR) is 79.0 cm³/mol. The van der Waals surface area contributed by atoms with Crippen molar-refractivity contribution in [1.82, 2.24) is 4.90 Å². The molecule has 1 aliphatic heterocycles. The van der Waals surface area contributed by atoms with Gasteiger partial charge in [-0.25, -0.2) is 4.39 Å². The van der Waals surface area contributed by atoms with Crippen molar-refractivity contribution in [2.75, 3.05) is 13.1 Å². The summed E-state index contributed by atoms with van der Waals surface area (Å²) in [5, 5.41) is 9.05. The normalized spacial score (nSPS) is 25.0. The van der Waals surface area contributed by atoms with E-state index in [4.69, 9.17) is 5.11 Å². The number of carbonyl (C=O) groups is 2. The number of nitrogens with zero attached hydrogens (tertiary/aromatic N) is 1. The van der Waals surface area contributed by atoms with Crippen molar-refractivity contribution in [2.45, 2.75) is 25.4 Å². The molecule has 1 aliphatic carbocycles. The summed E-state index contributed by atoms with van der Waals surface area (Å²) in [5.74, 6) is -6.25. The number of rotatable bonds is 4. The Hall–Kier alpha value is -2.12. The maximum absolute atomic E-state index is 13.8. The maximum atomic E-state index is 13.8. The van der Waals surface area contributed by atoms with Crippen molar-refractivity contribution in [2.24, 2.45) is 17.3 Å². The molecule has 4 nitrogen and oxygen atoms in total. The van der Waals surface area contributed by atoms with Crippen LogP contribution in [-0.4, -0.2) is 41.1 Å². The van der Waals surface area contributed by atoms with Crippen molar-refractivity contribution < 1.29 is 32.3 Å². The lowest BCUT2D eigenvalue weighted by Gasteiger charge is -2.24. The van der Waals surface area contributed by atoms with E-state index in [1.54, 1.807) is 12.1 Å². The molecule has 1 aromatic carbocycles. The first-order valence-corrected chi connectivity index (χ1v) is 7.96. The third-order valence-corrected chi connectivity index (χ3v) is 5.14. The third kappa shape index (κ3) is 3.34. The highest BCUT2D eigenvalue weighted by Crippen LogP contribution is 2.51. The summed E-state index contributed by atoms with van der Waals surface area (Å²) in [7, 11) is 0. The molecule has 1 heterocycles. The number of benzene rings is 1. The SMILES string of the molecule is O=C(O)[C@@H]1CN(C(=O)C2(Cc3ccccc3F)CC2)C[C@H]1C(F)(F)F.